The summed E-state index contributed by atoms with van der Waals surface area (Å²) in [6.07, 6.45) is 0.397. The van der Waals surface area contributed by atoms with E-state index in [0.29, 0.717) is 62.0 Å². The van der Waals surface area contributed by atoms with Gasteiger partial charge < -0.3 is 15.5 Å². The van der Waals surface area contributed by atoms with E-state index >= 15 is 0 Å². The second-order valence-electron chi connectivity index (χ2n) is 7.58. The minimum atomic E-state index is -0.423. The quantitative estimate of drug-likeness (QED) is 0.327. The van der Waals surface area contributed by atoms with Gasteiger partial charge in [-0.05, 0) is 48.9 Å². The predicted molar refractivity (Wildman–Crippen MR) is 128 cm³/mol. The third-order valence-corrected chi connectivity index (χ3v) is 6.62. The van der Waals surface area contributed by atoms with Crippen LogP contribution >= 0.6 is 22.9 Å². The predicted octanol–water partition coefficient (Wildman–Crippen LogP) is 4.96. The van der Waals surface area contributed by atoms with Gasteiger partial charge in [0.15, 0.2) is 0 Å². The molecule has 0 atom stereocenters. The number of rotatable bonds is 8. The summed E-state index contributed by atoms with van der Waals surface area (Å²) < 4.78 is 30.7. The fraction of sp³-hybridized carbons (Fsp3) is 0.208. The number of aryl methyl sites for hydroxylation is 1. The standard InChI is InChI=1S/C24H22ClF2N3O2S/c1-13(28-5-6-31)23-14(2)29-30(22(23)12-32)21-4-3-20(27)19-11-18(33-24(19)21)9-15-7-16(25)10-17(26)8-15/h3-4,7-8,10-11,28,31-32H,1,5-6,9,12H2,2H3. The van der Waals surface area contributed by atoms with E-state index in [9.17, 15) is 13.9 Å². The van der Waals surface area contributed by atoms with E-state index in [2.05, 4.69) is 17.0 Å². The first kappa shape index (κ1) is 23.4. The van der Waals surface area contributed by atoms with Crippen molar-refractivity contribution in [3.05, 3.63) is 87.0 Å². The highest BCUT2D eigenvalue weighted by atomic mass is 35.5. The molecule has 0 aliphatic carbocycles. The Morgan fingerprint density at radius 1 is 1.21 bits per heavy atom. The summed E-state index contributed by atoms with van der Waals surface area (Å²) in [6, 6.07) is 9.07. The van der Waals surface area contributed by atoms with E-state index in [0.717, 1.165) is 4.88 Å². The van der Waals surface area contributed by atoms with E-state index < -0.39 is 5.82 Å². The zero-order valence-electron chi connectivity index (χ0n) is 17.8. The van der Waals surface area contributed by atoms with Crippen LogP contribution in [0.4, 0.5) is 8.78 Å². The maximum atomic E-state index is 14.7. The van der Waals surface area contributed by atoms with Crippen LogP contribution in [0, 0.1) is 18.6 Å². The van der Waals surface area contributed by atoms with Gasteiger partial charge in [0.2, 0.25) is 0 Å². The normalized spacial score (nSPS) is 11.3. The van der Waals surface area contributed by atoms with Crippen molar-refractivity contribution in [2.45, 2.75) is 20.0 Å². The summed E-state index contributed by atoms with van der Waals surface area (Å²) >= 11 is 7.35. The molecular weight excluding hydrogens is 468 g/mol. The summed E-state index contributed by atoms with van der Waals surface area (Å²) in [6.45, 7) is 5.73. The number of halogens is 3. The second-order valence-corrected chi connectivity index (χ2v) is 9.16. The third kappa shape index (κ3) is 4.65. The maximum Gasteiger partial charge on any atom is 0.132 e. The van der Waals surface area contributed by atoms with E-state index in [1.54, 1.807) is 29.8 Å². The van der Waals surface area contributed by atoms with Gasteiger partial charge in [0.05, 0.1) is 35.0 Å². The van der Waals surface area contributed by atoms with Crippen molar-refractivity contribution < 1.29 is 19.0 Å². The first-order chi connectivity index (χ1) is 15.8. The van der Waals surface area contributed by atoms with Crippen LogP contribution in [0.25, 0.3) is 21.5 Å². The lowest BCUT2D eigenvalue weighted by Gasteiger charge is -2.11. The zero-order valence-corrected chi connectivity index (χ0v) is 19.4. The van der Waals surface area contributed by atoms with Crippen molar-refractivity contribution in [1.82, 2.24) is 15.1 Å². The van der Waals surface area contributed by atoms with Crippen molar-refractivity contribution in [2.75, 3.05) is 13.2 Å². The van der Waals surface area contributed by atoms with Crippen LogP contribution in [0.5, 0.6) is 0 Å². The lowest BCUT2D eigenvalue weighted by molar-refractivity contribution is 0.272. The molecule has 0 aliphatic heterocycles. The number of thiophene rings is 1. The number of hydrogen-bond acceptors (Lipinski definition) is 5. The number of benzene rings is 2. The number of fused-ring (bicyclic) bond motifs is 1. The average molecular weight is 490 g/mol. The molecule has 4 aromatic rings. The summed E-state index contributed by atoms with van der Waals surface area (Å²) in [5.41, 5.74) is 3.63. The van der Waals surface area contributed by atoms with Crippen LogP contribution in [-0.4, -0.2) is 33.1 Å². The van der Waals surface area contributed by atoms with Crippen molar-refractivity contribution in [3.63, 3.8) is 0 Å². The van der Waals surface area contributed by atoms with Gasteiger partial charge in [-0.2, -0.15) is 5.10 Å². The molecule has 0 bridgehead atoms. The maximum absolute atomic E-state index is 14.7. The Bertz CT molecular complexity index is 1330. The highest BCUT2D eigenvalue weighted by molar-refractivity contribution is 7.19. The van der Waals surface area contributed by atoms with Crippen LogP contribution in [0.2, 0.25) is 5.02 Å². The molecule has 4 rings (SSSR count). The highest BCUT2D eigenvalue weighted by Gasteiger charge is 2.21. The van der Waals surface area contributed by atoms with Gasteiger partial charge in [0, 0.05) is 39.5 Å². The fourth-order valence-corrected chi connectivity index (χ4v) is 5.35. The van der Waals surface area contributed by atoms with Crippen molar-refractivity contribution in [3.8, 4) is 5.69 Å². The van der Waals surface area contributed by atoms with Crippen LogP contribution < -0.4 is 5.32 Å². The molecule has 2 heterocycles. The Hall–Kier alpha value is -2.78. The molecule has 0 spiro atoms. The van der Waals surface area contributed by atoms with Gasteiger partial charge in [-0.15, -0.1) is 11.3 Å². The molecule has 0 unspecified atom stereocenters. The topological polar surface area (TPSA) is 70.3 Å². The number of aliphatic hydroxyl groups excluding tert-OH is 2. The van der Waals surface area contributed by atoms with Crippen molar-refractivity contribution in [2.24, 2.45) is 0 Å². The van der Waals surface area contributed by atoms with Crippen LogP contribution in [-0.2, 0) is 13.0 Å². The second kappa shape index (κ2) is 9.61. The lowest BCUT2D eigenvalue weighted by atomic mass is 10.1. The number of nitrogens with zero attached hydrogens (tertiary/aromatic N) is 2. The Morgan fingerprint density at radius 3 is 2.70 bits per heavy atom. The van der Waals surface area contributed by atoms with Crippen LogP contribution in [0.3, 0.4) is 0 Å². The fourth-order valence-electron chi connectivity index (χ4n) is 3.90. The van der Waals surface area contributed by atoms with Crippen molar-refractivity contribution >= 4 is 38.7 Å². The van der Waals surface area contributed by atoms with Gasteiger partial charge in [0.25, 0.3) is 0 Å². The molecule has 2 aromatic heterocycles. The van der Waals surface area contributed by atoms with Crippen molar-refractivity contribution in [1.29, 1.82) is 0 Å². The van der Waals surface area contributed by atoms with E-state index in [-0.39, 0.29) is 19.0 Å². The Kier molecular flexibility index (Phi) is 6.81. The number of nitrogens with one attached hydrogen (secondary N) is 1. The SMILES string of the molecule is C=C(NCCO)c1c(C)nn(-c2ccc(F)c3cc(Cc4cc(F)cc(Cl)c4)sc23)c1CO. The van der Waals surface area contributed by atoms with Gasteiger partial charge in [-0.25, -0.2) is 13.5 Å². The number of aromatic nitrogens is 2. The summed E-state index contributed by atoms with van der Waals surface area (Å²) in [4.78, 5) is 0.835. The van der Waals surface area contributed by atoms with Crippen LogP contribution in [0.1, 0.15) is 27.4 Å². The highest BCUT2D eigenvalue weighted by Crippen LogP contribution is 2.36. The molecular formula is C24H22ClF2N3O2S. The monoisotopic (exact) mass is 489 g/mol. The summed E-state index contributed by atoms with van der Waals surface area (Å²) in [7, 11) is 0. The largest absolute Gasteiger partial charge is 0.395 e. The summed E-state index contributed by atoms with van der Waals surface area (Å²) in [5.74, 6) is -0.801. The van der Waals surface area contributed by atoms with Gasteiger partial charge in [0.1, 0.15) is 11.6 Å². The Labute approximate surface area is 198 Å². The summed E-state index contributed by atoms with van der Waals surface area (Å²) in [5, 5.41) is 27.5. The molecule has 3 N–H and O–H groups in total. The molecule has 0 aliphatic rings. The zero-order chi connectivity index (χ0) is 23.7. The Morgan fingerprint density at radius 2 is 2.00 bits per heavy atom. The number of aliphatic hydroxyl groups is 2. The Balaban J connectivity index is 1.80. The molecule has 9 heteroatoms. The molecule has 0 saturated heterocycles. The van der Waals surface area contributed by atoms with Crippen LogP contribution in [0.15, 0.2) is 43.0 Å². The number of hydrogen-bond donors (Lipinski definition) is 3. The first-order valence-corrected chi connectivity index (χ1v) is 11.4. The van der Waals surface area contributed by atoms with E-state index in [1.807, 2.05) is 0 Å². The molecule has 172 valence electrons. The molecule has 0 radical (unpaired) electrons. The minimum Gasteiger partial charge on any atom is -0.395 e. The molecule has 5 nitrogen and oxygen atoms in total. The molecule has 33 heavy (non-hydrogen) atoms. The average Bonchev–Trinajstić information content (AvgIpc) is 3.32. The van der Waals surface area contributed by atoms with E-state index in [4.69, 9.17) is 16.7 Å². The van der Waals surface area contributed by atoms with Gasteiger partial charge >= 0.3 is 0 Å². The first-order valence-electron chi connectivity index (χ1n) is 10.2. The molecule has 2 aromatic carbocycles. The molecule has 0 saturated carbocycles. The molecule has 0 amide bonds. The smallest absolute Gasteiger partial charge is 0.132 e. The lowest BCUT2D eigenvalue weighted by Crippen LogP contribution is -2.17. The molecule has 0 fully saturated rings. The van der Waals surface area contributed by atoms with Gasteiger partial charge in [-0.3, -0.25) is 0 Å². The minimum absolute atomic E-state index is 0.0618. The van der Waals surface area contributed by atoms with E-state index in [1.165, 1.54) is 29.5 Å². The third-order valence-electron chi connectivity index (χ3n) is 5.25. The van der Waals surface area contributed by atoms with Gasteiger partial charge in [-0.1, -0.05) is 18.2 Å².